The SMILES string of the molecule is Cc1ccc(NC(=O)C2c3ccccc3C(=O)N2Cc2ccccc2)cc1. The zero-order chi connectivity index (χ0) is 18.8. The molecule has 3 aromatic carbocycles. The van der Waals surface area contributed by atoms with Gasteiger partial charge in [-0.3, -0.25) is 9.59 Å². The second kappa shape index (κ2) is 7.08. The standard InChI is InChI=1S/C23H20N2O2/c1-16-11-13-18(14-12-16)24-22(26)21-19-9-5-6-10-20(19)23(27)25(21)15-17-7-3-2-4-8-17/h2-14,21H,15H2,1H3,(H,24,26). The highest BCUT2D eigenvalue weighted by Gasteiger charge is 2.40. The van der Waals surface area contributed by atoms with Gasteiger partial charge in [0.05, 0.1) is 0 Å². The molecule has 4 heteroatoms. The average Bonchev–Trinajstić information content (AvgIpc) is 2.97. The maximum Gasteiger partial charge on any atom is 0.255 e. The number of anilines is 1. The number of nitrogens with zero attached hydrogens (tertiary/aromatic N) is 1. The lowest BCUT2D eigenvalue weighted by Crippen LogP contribution is -2.35. The van der Waals surface area contributed by atoms with Crippen LogP contribution in [0.4, 0.5) is 5.69 Å². The summed E-state index contributed by atoms with van der Waals surface area (Å²) in [5.41, 5.74) is 4.19. The van der Waals surface area contributed by atoms with Gasteiger partial charge in [-0.05, 0) is 36.2 Å². The summed E-state index contributed by atoms with van der Waals surface area (Å²) in [6, 6.07) is 24.1. The van der Waals surface area contributed by atoms with Crippen molar-refractivity contribution in [2.45, 2.75) is 19.5 Å². The number of carbonyl (C=O) groups is 2. The van der Waals surface area contributed by atoms with Crippen molar-refractivity contribution in [2.75, 3.05) is 5.32 Å². The minimum absolute atomic E-state index is 0.112. The van der Waals surface area contributed by atoms with Crippen molar-refractivity contribution in [1.29, 1.82) is 0 Å². The van der Waals surface area contributed by atoms with Crippen LogP contribution in [0.2, 0.25) is 0 Å². The first-order chi connectivity index (χ1) is 13.1. The highest BCUT2D eigenvalue weighted by molar-refractivity contribution is 6.07. The molecule has 4 rings (SSSR count). The minimum atomic E-state index is -0.643. The Hall–Kier alpha value is -3.40. The minimum Gasteiger partial charge on any atom is -0.324 e. The summed E-state index contributed by atoms with van der Waals surface area (Å²) in [6.07, 6.45) is 0. The fourth-order valence-electron chi connectivity index (χ4n) is 3.44. The summed E-state index contributed by atoms with van der Waals surface area (Å²) in [7, 11) is 0. The first-order valence-electron chi connectivity index (χ1n) is 8.95. The van der Waals surface area contributed by atoms with Gasteiger partial charge >= 0.3 is 0 Å². The molecule has 1 aliphatic rings. The van der Waals surface area contributed by atoms with E-state index in [4.69, 9.17) is 0 Å². The largest absolute Gasteiger partial charge is 0.324 e. The molecule has 27 heavy (non-hydrogen) atoms. The molecule has 2 amide bonds. The van der Waals surface area contributed by atoms with Gasteiger partial charge in [0.25, 0.3) is 11.8 Å². The van der Waals surface area contributed by atoms with E-state index in [9.17, 15) is 9.59 Å². The van der Waals surface area contributed by atoms with E-state index in [0.717, 1.165) is 22.4 Å². The molecule has 1 heterocycles. The quantitative estimate of drug-likeness (QED) is 0.756. The van der Waals surface area contributed by atoms with Gasteiger partial charge in [-0.25, -0.2) is 0 Å². The summed E-state index contributed by atoms with van der Waals surface area (Å²) in [4.78, 5) is 27.7. The van der Waals surface area contributed by atoms with Crippen LogP contribution in [0.5, 0.6) is 0 Å². The lowest BCUT2D eigenvalue weighted by molar-refractivity contribution is -0.120. The Labute approximate surface area is 158 Å². The second-order valence-corrected chi connectivity index (χ2v) is 6.76. The molecule has 1 aliphatic heterocycles. The Morgan fingerprint density at radius 2 is 1.59 bits per heavy atom. The van der Waals surface area contributed by atoms with Gasteiger partial charge in [0.15, 0.2) is 0 Å². The molecule has 0 bridgehead atoms. The lowest BCUT2D eigenvalue weighted by atomic mass is 10.0. The van der Waals surface area contributed by atoms with Crippen molar-refractivity contribution in [3.63, 3.8) is 0 Å². The molecule has 1 atom stereocenters. The summed E-state index contributed by atoms with van der Waals surface area (Å²) >= 11 is 0. The van der Waals surface area contributed by atoms with Crippen molar-refractivity contribution >= 4 is 17.5 Å². The van der Waals surface area contributed by atoms with E-state index < -0.39 is 6.04 Å². The van der Waals surface area contributed by atoms with E-state index in [1.54, 1.807) is 11.0 Å². The normalized spacial score (nSPS) is 15.5. The molecule has 0 radical (unpaired) electrons. The summed E-state index contributed by atoms with van der Waals surface area (Å²) in [5.74, 6) is -0.313. The lowest BCUT2D eigenvalue weighted by Gasteiger charge is -2.25. The predicted octanol–water partition coefficient (Wildman–Crippen LogP) is 4.33. The van der Waals surface area contributed by atoms with Crippen LogP contribution in [0.1, 0.15) is 33.1 Å². The molecule has 0 spiro atoms. The Bertz CT molecular complexity index is 981. The van der Waals surface area contributed by atoms with Crippen molar-refractivity contribution in [2.24, 2.45) is 0 Å². The number of benzene rings is 3. The van der Waals surface area contributed by atoms with Gasteiger partial charge in [0.2, 0.25) is 0 Å². The van der Waals surface area contributed by atoms with Gasteiger partial charge in [0, 0.05) is 17.8 Å². The fraction of sp³-hybridized carbons (Fsp3) is 0.130. The van der Waals surface area contributed by atoms with Crippen LogP contribution in [-0.2, 0) is 11.3 Å². The molecule has 0 saturated heterocycles. The van der Waals surface area contributed by atoms with Crippen LogP contribution in [0, 0.1) is 6.92 Å². The summed E-state index contributed by atoms with van der Waals surface area (Å²) in [6.45, 7) is 2.39. The molecular weight excluding hydrogens is 336 g/mol. The molecule has 134 valence electrons. The monoisotopic (exact) mass is 356 g/mol. The van der Waals surface area contributed by atoms with Crippen LogP contribution < -0.4 is 5.32 Å². The fourth-order valence-corrected chi connectivity index (χ4v) is 3.44. The zero-order valence-electron chi connectivity index (χ0n) is 15.1. The zero-order valence-corrected chi connectivity index (χ0v) is 15.1. The highest BCUT2D eigenvalue weighted by Crippen LogP contribution is 2.35. The molecule has 1 N–H and O–H groups in total. The number of nitrogens with one attached hydrogen (secondary N) is 1. The Kier molecular flexibility index (Phi) is 4.47. The van der Waals surface area contributed by atoms with Gasteiger partial charge in [-0.15, -0.1) is 0 Å². The van der Waals surface area contributed by atoms with Gasteiger partial charge in [-0.1, -0.05) is 66.2 Å². The van der Waals surface area contributed by atoms with E-state index in [2.05, 4.69) is 5.32 Å². The number of aryl methyl sites for hydroxylation is 1. The van der Waals surface area contributed by atoms with Crippen LogP contribution in [0.25, 0.3) is 0 Å². The highest BCUT2D eigenvalue weighted by atomic mass is 16.2. The number of carbonyl (C=O) groups excluding carboxylic acids is 2. The summed E-state index contributed by atoms with van der Waals surface area (Å²) < 4.78 is 0. The number of amides is 2. The van der Waals surface area contributed by atoms with Crippen LogP contribution >= 0.6 is 0 Å². The number of rotatable bonds is 4. The van der Waals surface area contributed by atoms with Crippen LogP contribution in [0.15, 0.2) is 78.9 Å². The van der Waals surface area contributed by atoms with Crippen LogP contribution in [-0.4, -0.2) is 16.7 Å². The van der Waals surface area contributed by atoms with Gasteiger partial charge < -0.3 is 10.2 Å². The third-order valence-corrected chi connectivity index (χ3v) is 4.82. The second-order valence-electron chi connectivity index (χ2n) is 6.76. The first kappa shape index (κ1) is 17.0. The van der Waals surface area contributed by atoms with E-state index in [1.165, 1.54) is 0 Å². The topological polar surface area (TPSA) is 49.4 Å². The number of fused-ring (bicyclic) bond motifs is 1. The van der Waals surface area contributed by atoms with E-state index in [0.29, 0.717) is 12.1 Å². The molecule has 4 nitrogen and oxygen atoms in total. The van der Waals surface area contributed by atoms with Crippen molar-refractivity contribution in [3.05, 3.63) is 101 Å². The molecule has 0 aromatic heterocycles. The predicted molar refractivity (Wildman–Crippen MR) is 105 cm³/mol. The Morgan fingerprint density at radius 3 is 2.33 bits per heavy atom. The summed E-state index contributed by atoms with van der Waals surface area (Å²) in [5, 5.41) is 2.96. The molecule has 3 aromatic rings. The number of hydrogen-bond donors (Lipinski definition) is 1. The Morgan fingerprint density at radius 1 is 0.926 bits per heavy atom. The molecule has 1 unspecified atom stereocenters. The molecule has 0 fully saturated rings. The molecule has 0 aliphatic carbocycles. The molecule has 0 saturated carbocycles. The smallest absolute Gasteiger partial charge is 0.255 e. The van der Waals surface area contributed by atoms with Crippen molar-refractivity contribution in [1.82, 2.24) is 4.90 Å². The average molecular weight is 356 g/mol. The Balaban J connectivity index is 1.66. The first-order valence-corrected chi connectivity index (χ1v) is 8.95. The molecular formula is C23H20N2O2. The maximum absolute atomic E-state index is 13.1. The van der Waals surface area contributed by atoms with Crippen molar-refractivity contribution < 1.29 is 9.59 Å². The van der Waals surface area contributed by atoms with Crippen LogP contribution in [0.3, 0.4) is 0 Å². The third-order valence-electron chi connectivity index (χ3n) is 4.82. The third kappa shape index (κ3) is 3.34. The van der Waals surface area contributed by atoms with Gasteiger partial charge in [0.1, 0.15) is 6.04 Å². The maximum atomic E-state index is 13.1. The van der Waals surface area contributed by atoms with E-state index in [1.807, 2.05) is 79.7 Å². The van der Waals surface area contributed by atoms with Gasteiger partial charge in [-0.2, -0.15) is 0 Å². The van der Waals surface area contributed by atoms with E-state index >= 15 is 0 Å². The van der Waals surface area contributed by atoms with Crippen molar-refractivity contribution in [3.8, 4) is 0 Å². The van der Waals surface area contributed by atoms with E-state index in [-0.39, 0.29) is 11.8 Å². The number of hydrogen-bond acceptors (Lipinski definition) is 2.